The molecular weight excluding hydrogens is 220 g/mol. The van der Waals surface area contributed by atoms with E-state index in [9.17, 15) is 0 Å². The van der Waals surface area contributed by atoms with Crippen molar-refractivity contribution in [1.29, 1.82) is 0 Å². The van der Waals surface area contributed by atoms with Gasteiger partial charge in [-0.05, 0) is 31.3 Å². The molecule has 2 aromatic rings. The number of hydrogen-bond donors (Lipinski definition) is 1. The Morgan fingerprint density at radius 3 is 2.94 bits per heavy atom. The number of aromatic nitrogens is 1. The molecule has 2 heterocycles. The van der Waals surface area contributed by atoms with E-state index >= 15 is 0 Å². The topological polar surface area (TPSA) is 34.1 Å². The van der Waals surface area contributed by atoms with Crippen LogP contribution in [0.15, 0.2) is 36.7 Å². The molecule has 0 fully saturated rings. The van der Waals surface area contributed by atoms with Gasteiger partial charge in [-0.25, -0.2) is 0 Å². The molecule has 0 aliphatic heterocycles. The van der Waals surface area contributed by atoms with E-state index in [4.69, 9.17) is 4.74 Å². The zero-order chi connectivity index (χ0) is 11.2. The molecule has 0 aliphatic carbocycles. The van der Waals surface area contributed by atoms with Crippen LogP contribution < -0.4 is 10.1 Å². The summed E-state index contributed by atoms with van der Waals surface area (Å²) < 4.78 is 5.61. The lowest BCUT2D eigenvalue weighted by molar-refractivity contribution is 0.308. The molecule has 0 spiro atoms. The second-order valence-corrected chi connectivity index (χ2v) is 4.63. The molecule has 0 atom stereocenters. The summed E-state index contributed by atoms with van der Waals surface area (Å²) in [5, 5.41) is 3.13. The molecule has 0 radical (unpaired) electrons. The van der Waals surface area contributed by atoms with Gasteiger partial charge >= 0.3 is 0 Å². The minimum absolute atomic E-state index is 0.611. The molecule has 2 aromatic heterocycles. The highest BCUT2D eigenvalue weighted by Gasteiger charge is 2.00. The fourth-order valence-electron chi connectivity index (χ4n) is 1.36. The van der Waals surface area contributed by atoms with Crippen molar-refractivity contribution in [2.45, 2.75) is 13.2 Å². The van der Waals surface area contributed by atoms with Crippen LogP contribution in [0.4, 0.5) is 0 Å². The van der Waals surface area contributed by atoms with Gasteiger partial charge in [0.05, 0.1) is 6.20 Å². The van der Waals surface area contributed by atoms with E-state index in [1.807, 2.05) is 19.2 Å². The minimum atomic E-state index is 0.611. The highest BCUT2D eigenvalue weighted by molar-refractivity contribution is 7.11. The van der Waals surface area contributed by atoms with Crippen molar-refractivity contribution < 1.29 is 4.74 Å². The normalized spacial score (nSPS) is 10.3. The first-order valence-electron chi connectivity index (χ1n) is 5.13. The molecular formula is C12H14N2OS. The highest BCUT2D eigenvalue weighted by Crippen LogP contribution is 2.18. The van der Waals surface area contributed by atoms with Crippen molar-refractivity contribution in [2.75, 3.05) is 7.05 Å². The minimum Gasteiger partial charge on any atom is -0.486 e. The average molecular weight is 234 g/mol. The number of pyridine rings is 1. The summed E-state index contributed by atoms with van der Waals surface area (Å²) in [5.41, 5.74) is 0. The Morgan fingerprint density at radius 1 is 1.31 bits per heavy atom. The molecule has 3 nitrogen and oxygen atoms in total. The van der Waals surface area contributed by atoms with Gasteiger partial charge in [-0.3, -0.25) is 4.98 Å². The monoisotopic (exact) mass is 234 g/mol. The summed E-state index contributed by atoms with van der Waals surface area (Å²) in [7, 11) is 1.95. The number of nitrogens with one attached hydrogen (secondary N) is 1. The zero-order valence-electron chi connectivity index (χ0n) is 9.14. The molecule has 4 heteroatoms. The summed E-state index contributed by atoms with van der Waals surface area (Å²) in [6.07, 6.45) is 3.46. The van der Waals surface area contributed by atoms with Crippen molar-refractivity contribution in [2.24, 2.45) is 0 Å². The molecule has 0 saturated heterocycles. The van der Waals surface area contributed by atoms with E-state index in [1.54, 1.807) is 23.7 Å². The molecule has 1 N–H and O–H groups in total. The Labute approximate surface area is 99.1 Å². The maximum atomic E-state index is 5.61. The number of thiophene rings is 1. The standard InChI is InChI=1S/C12H14N2OS/c1-13-8-11-4-5-12(16-11)9-15-10-3-2-6-14-7-10/h2-7,13H,8-9H2,1H3. The summed E-state index contributed by atoms with van der Waals surface area (Å²) >= 11 is 1.77. The number of hydrogen-bond acceptors (Lipinski definition) is 4. The predicted octanol–water partition coefficient (Wildman–Crippen LogP) is 2.44. The summed E-state index contributed by atoms with van der Waals surface area (Å²) in [6, 6.07) is 8.02. The Hall–Kier alpha value is -1.39. The Balaban J connectivity index is 1.89. The fraction of sp³-hybridized carbons (Fsp3) is 0.250. The van der Waals surface area contributed by atoms with Crippen molar-refractivity contribution in [3.63, 3.8) is 0 Å². The van der Waals surface area contributed by atoms with Gasteiger partial charge in [0, 0.05) is 22.5 Å². The molecule has 84 valence electrons. The number of rotatable bonds is 5. The Bertz CT molecular complexity index is 428. The largest absolute Gasteiger partial charge is 0.486 e. The Kier molecular flexibility index (Phi) is 3.91. The van der Waals surface area contributed by atoms with Gasteiger partial charge in [0.2, 0.25) is 0 Å². The Morgan fingerprint density at radius 2 is 2.19 bits per heavy atom. The first kappa shape index (κ1) is 11.1. The van der Waals surface area contributed by atoms with Crippen LogP contribution in [0.1, 0.15) is 9.75 Å². The van der Waals surface area contributed by atoms with Gasteiger partial charge < -0.3 is 10.1 Å². The van der Waals surface area contributed by atoms with Gasteiger partial charge in [-0.1, -0.05) is 0 Å². The lowest BCUT2D eigenvalue weighted by Gasteiger charge is -2.02. The first-order valence-corrected chi connectivity index (χ1v) is 5.95. The van der Waals surface area contributed by atoms with Crippen LogP contribution in [0.25, 0.3) is 0 Å². The van der Waals surface area contributed by atoms with E-state index in [1.165, 1.54) is 9.75 Å². The van der Waals surface area contributed by atoms with Gasteiger partial charge in [0.15, 0.2) is 0 Å². The molecule has 2 rings (SSSR count). The van der Waals surface area contributed by atoms with Gasteiger partial charge in [0.25, 0.3) is 0 Å². The lowest BCUT2D eigenvalue weighted by Crippen LogP contribution is -2.02. The quantitative estimate of drug-likeness (QED) is 0.862. The molecule has 0 saturated carbocycles. The number of ether oxygens (including phenoxy) is 1. The summed E-state index contributed by atoms with van der Waals surface area (Å²) in [6.45, 7) is 1.53. The second-order valence-electron chi connectivity index (χ2n) is 3.38. The maximum Gasteiger partial charge on any atom is 0.138 e. The first-order chi connectivity index (χ1) is 7.88. The van der Waals surface area contributed by atoms with Crippen molar-refractivity contribution >= 4 is 11.3 Å². The van der Waals surface area contributed by atoms with Crippen molar-refractivity contribution in [3.8, 4) is 5.75 Å². The van der Waals surface area contributed by atoms with Crippen molar-refractivity contribution in [1.82, 2.24) is 10.3 Å². The van der Waals surface area contributed by atoms with Gasteiger partial charge in [-0.15, -0.1) is 11.3 Å². The zero-order valence-corrected chi connectivity index (χ0v) is 9.96. The third-order valence-corrected chi connectivity index (χ3v) is 3.14. The molecule has 0 amide bonds. The third-order valence-electron chi connectivity index (χ3n) is 2.08. The highest BCUT2D eigenvalue weighted by atomic mass is 32.1. The molecule has 16 heavy (non-hydrogen) atoms. The smallest absolute Gasteiger partial charge is 0.138 e. The molecule has 0 unspecified atom stereocenters. The lowest BCUT2D eigenvalue weighted by atomic mass is 10.4. The van der Waals surface area contributed by atoms with E-state index in [2.05, 4.69) is 22.4 Å². The maximum absolute atomic E-state index is 5.61. The molecule has 0 aliphatic rings. The van der Waals surface area contributed by atoms with Crippen LogP contribution in [0.2, 0.25) is 0 Å². The van der Waals surface area contributed by atoms with Crippen LogP contribution in [0.5, 0.6) is 5.75 Å². The summed E-state index contributed by atoms with van der Waals surface area (Å²) in [4.78, 5) is 6.56. The average Bonchev–Trinajstić information content (AvgIpc) is 2.76. The summed E-state index contributed by atoms with van der Waals surface area (Å²) in [5.74, 6) is 0.811. The molecule has 0 aromatic carbocycles. The SMILES string of the molecule is CNCc1ccc(COc2cccnc2)s1. The third kappa shape index (κ3) is 3.05. The van der Waals surface area contributed by atoms with Crippen LogP contribution >= 0.6 is 11.3 Å². The van der Waals surface area contributed by atoms with Gasteiger partial charge in [0.1, 0.15) is 12.4 Å². The van der Waals surface area contributed by atoms with E-state index in [-0.39, 0.29) is 0 Å². The number of nitrogens with zero attached hydrogens (tertiary/aromatic N) is 1. The van der Waals surface area contributed by atoms with Crippen LogP contribution in [-0.2, 0) is 13.2 Å². The van der Waals surface area contributed by atoms with E-state index in [0.717, 1.165) is 12.3 Å². The van der Waals surface area contributed by atoms with Gasteiger partial charge in [-0.2, -0.15) is 0 Å². The molecule has 0 bridgehead atoms. The van der Waals surface area contributed by atoms with Crippen LogP contribution in [0, 0.1) is 0 Å². The van der Waals surface area contributed by atoms with Crippen LogP contribution in [-0.4, -0.2) is 12.0 Å². The van der Waals surface area contributed by atoms with E-state index < -0.39 is 0 Å². The fourth-order valence-corrected chi connectivity index (χ4v) is 2.30. The predicted molar refractivity (Wildman–Crippen MR) is 65.7 cm³/mol. The van der Waals surface area contributed by atoms with Crippen LogP contribution in [0.3, 0.4) is 0 Å². The van der Waals surface area contributed by atoms with Crippen molar-refractivity contribution in [3.05, 3.63) is 46.4 Å². The van der Waals surface area contributed by atoms with E-state index in [0.29, 0.717) is 6.61 Å². The second kappa shape index (κ2) is 5.63.